The van der Waals surface area contributed by atoms with Crippen molar-refractivity contribution < 1.29 is 4.79 Å². The standard InChI is InChI=1S/C24H41N3O/c1-18-12-11-13-21(19(18)2)23(28)26-16-10-8-7-9-15-25-22-14-17-27(6)24(4,5)20(22)3/h11-13,20,22,25H,7-10,14-17H2,1-6H3,(H,26,28). The van der Waals surface area contributed by atoms with Crippen molar-refractivity contribution in [3.8, 4) is 0 Å². The Labute approximate surface area is 172 Å². The van der Waals surface area contributed by atoms with Gasteiger partial charge in [-0.25, -0.2) is 0 Å². The molecule has 1 fully saturated rings. The molecule has 158 valence electrons. The van der Waals surface area contributed by atoms with Gasteiger partial charge >= 0.3 is 0 Å². The Morgan fingerprint density at radius 3 is 2.54 bits per heavy atom. The first-order valence-corrected chi connectivity index (χ1v) is 11.0. The van der Waals surface area contributed by atoms with Crippen LogP contribution in [-0.2, 0) is 0 Å². The van der Waals surface area contributed by atoms with Crippen LogP contribution >= 0.6 is 0 Å². The minimum Gasteiger partial charge on any atom is -0.352 e. The third-order valence-electron chi connectivity index (χ3n) is 7.12. The summed E-state index contributed by atoms with van der Waals surface area (Å²) in [5.41, 5.74) is 3.32. The summed E-state index contributed by atoms with van der Waals surface area (Å²) in [7, 11) is 2.24. The van der Waals surface area contributed by atoms with Crippen molar-refractivity contribution in [3.63, 3.8) is 0 Å². The maximum absolute atomic E-state index is 12.3. The van der Waals surface area contributed by atoms with Crippen LogP contribution in [0.3, 0.4) is 0 Å². The van der Waals surface area contributed by atoms with Crippen LogP contribution in [0, 0.1) is 19.8 Å². The molecule has 1 amide bonds. The van der Waals surface area contributed by atoms with Crippen molar-refractivity contribution >= 4 is 5.91 Å². The highest BCUT2D eigenvalue weighted by molar-refractivity contribution is 5.95. The molecule has 0 bridgehead atoms. The van der Waals surface area contributed by atoms with Gasteiger partial charge in [0.15, 0.2) is 0 Å². The van der Waals surface area contributed by atoms with Gasteiger partial charge in [0.2, 0.25) is 0 Å². The van der Waals surface area contributed by atoms with Gasteiger partial charge in [-0.05, 0) is 90.2 Å². The Morgan fingerprint density at radius 2 is 1.82 bits per heavy atom. The van der Waals surface area contributed by atoms with E-state index in [0.29, 0.717) is 12.0 Å². The number of hydrogen-bond acceptors (Lipinski definition) is 3. The highest BCUT2D eigenvalue weighted by atomic mass is 16.1. The van der Waals surface area contributed by atoms with Gasteiger partial charge in [0.1, 0.15) is 0 Å². The van der Waals surface area contributed by atoms with Gasteiger partial charge in [0, 0.05) is 23.7 Å². The predicted octanol–water partition coefficient (Wildman–Crippen LogP) is 4.30. The van der Waals surface area contributed by atoms with Crippen LogP contribution in [0.25, 0.3) is 0 Å². The number of carbonyl (C=O) groups excluding carboxylic acids is 1. The second-order valence-electron chi connectivity index (χ2n) is 9.13. The zero-order valence-corrected chi connectivity index (χ0v) is 18.9. The van der Waals surface area contributed by atoms with Crippen LogP contribution in [0.5, 0.6) is 0 Å². The van der Waals surface area contributed by atoms with Crippen LogP contribution in [0.2, 0.25) is 0 Å². The number of nitrogens with zero attached hydrogens (tertiary/aromatic N) is 1. The van der Waals surface area contributed by atoms with Gasteiger partial charge in [-0.1, -0.05) is 31.9 Å². The minimum atomic E-state index is 0.0572. The molecule has 2 atom stereocenters. The molecule has 0 radical (unpaired) electrons. The highest BCUT2D eigenvalue weighted by Gasteiger charge is 2.38. The number of amides is 1. The summed E-state index contributed by atoms with van der Waals surface area (Å²) in [6.45, 7) is 14.2. The Balaban J connectivity index is 1.56. The predicted molar refractivity (Wildman–Crippen MR) is 119 cm³/mol. The number of rotatable bonds is 9. The minimum absolute atomic E-state index is 0.0572. The fourth-order valence-electron chi connectivity index (χ4n) is 4.17. The van der Waals surface area contributed by atoms with Crippen molar-refractivity contribution in [3.05, 3.63) is 34.9 Å². The van der Waals surface area contributed by atoms with E-state index >= 15 is 0 Å². The Hall–Kier alpha value is -1.39. The molecule has 1 aliphatic rings. The van der Waals surface area contributed by atoms with Crippen LogP contribution in [0.15, 0.2) is 18.2 Å². The summed E-state index contributed by atoms with van der Waals surface area (Å²) in [6.07, 6.45) is 5.89. The first-order valence-electron chi connectivity index (χ1n) is 11.0. The lowest BCUT2D eigenvalue weighted by atomic mass is 9.77. The lowest BCUT2D eigenvalue weighted by Gasteiger charge is -2.49. The second kappa shape index (κ2) is 10.4. The number of carbonyl (C=O) groups is 1. The van der Waals surface area contributed by atoms with Crippen LogP contribution in [-0.4, -0.2) is 49.1 Å². The maximum atomic E-state index is 12.3. The van der Waals surface area contributed by atoms with E-state index in [2.05, 4.69) is 43.4 Å². The first kappa shape index (κ1) is 22.9. The number of aryl methyl sites for hydroxylation is 1. The third-order valence-corrected chi connectivity index (χ3v) is 7.12. The Morgan fingerprint density at radius 1 is 1.14 bits per heavy atom. The molecule has 0 aliphatic carbocycles. The molecule has 4 nitrogen and oxygen atoms in total. The Kier molecular flexibility index (Phi) is 8.51. The molecule has 28 heavy (non-hydrogen) atoms. The van der Waals surface area contributed by atoms with E-state index in [4.69, 9.17) is 0 Å². The summed E-state index contributed by atoms with van der Waals surface area (Å²) < 4.78 is 0. The number of unbranched alkanes of at least 4 members (excludes halogenated alkanes) is 3. The van der Waals surface area contributed by atoms with Crippen molar-refractivity contribution in [1.82, 2.24) is 15.5 Å². The van der Waals surface area contributed by atoms with E-state index in [1.54, 1.807) is 0 Å². The van der Waals surface area contributed by atoms with Crippen molar-refractivity contribution in [1.29, 1.82) is 0 Å². The van der Waals surface area contributed by atoms with Crippen molar-refractivity contribution in [2.75, 3.05) is 26.7 Å². The van der Waals surface area contributed by atoms with E-state index in [0.717, 1.165) is 30.6 Å². The monoisotopic (exact) mass is 387 g/mol. The average Bonchev–Trinajstić information content (AvgIpc) is 2.66. The summed E-state index contributed by atoms with van der Waals surface area (Å²) in [6, 6.07) is 6.54. The van der Waals surface area contributed by atoms with Crippen molar-refractivity contribution in [2.24, 2.45) is 5.92 Å². The van der Waals surface area contributed by atoms with Gasteiger partial charge < -0.3 is 15.5 Å². The molecule has 0 spiro atoms. The van der Waals surface area contributed by atoms with E-state index in [9.17, 15) is 4.79 Å². The van der Waals surface area contributed by atoms with E-state index in [1.807, 2.05) is 32.0 Å². The van der Waals surface area contributed by atoms with Gasteiger partial charge in [0.25, 0.3) is 5.91 Å². The fraction of sp³-hybridized carbons (Fsp3) is 0.708. The molecule has 0 aromatic heterocycles. The summed E-state index contributed by atoms with van der Waals surface area (Å²) in [4.78, 5) is 14.8. The van der Waals surface area contributed by atoms with Gasteiger partial charge in [-0.15, -0.1) is 0 Å². The number of piperidine rings is 1. The quantitative estimate of drug-likeness (QED) is 0.621. The van der Waals surface area contributed by atoms with E-state index < -0.39 is 0 Å². The molecule has 1 heterocycles. The second-order valence-corrected chi connectivity index (χ2v) is 9.13. The maximum Gasteiger partial charge on any atom is 0.251 e. The van der Waals surface area contributed by atoms with Gasteiger partial charge in [-0.2, -0.15) is 0 Å². The largest absolute Gasteiger partial charge is 0.352 e. The fourth-order valence-corrected chi connectivity index (χ4v) is 4.17. The molecule has 1 saturated heterocycles. The average molecular weight is 388 g/mol. The highest BCUT2D eigenvalue weighted by Crippen LogP contribution is 2.31. The molecule has 1 aromatic carbocycles. The van der Waals surface area contributed by atoms with Crippen LogP contribution in [0.4, 0.5) is 0 Å². The van der Waals surface area contributed by atoms with E-state index in [-0.39, 0.29) is 11.4 Å². The molecule has 1 aliphatic heterocycles. The number of nitrogens with one attached hydrogen (secondary N) is 2. The summed E-state index contributed by atoms with van der Waals surface area (Å²) >= 11 is 0. The number of hydrogen-bond donors (Lipinski definition) is 2. The molecule has 2 N–H and O–H groups in total. The zero-order valence-electron chi connectivity index (χ0n) is 18.9. The van der Waals surface area contributed by atoms with Crippen LogP contribution in [0.1, 0.15) is 74.4 Å². The summed E-state index contributed by atoms with van der Waals surface area (Å²) in [5, 5.41) is 6.86. The molecule has 2 unspecified atom stereocenters. The third kappa shape index (κ3) is 5.81. The number of likely N-dealkylation sites (tertiary alicyclic amines) is 1. The molecular formula is C24H41N3O. The van der Waals surface area contributed by atoms with Crippen LogP contribution < -0.4 is 10.6 Å². The zero-order chi connectivity index (χ0) is 20.7. The molecule has 0 saturated carbocycles. The van der Waals surface area contributed by atoms with E-state index in [1.165, 1.54) is 37.8 Å². The SMILES string of the molecule is Cc1cccc(C(=O)NCCCCCCNC2CCN(C)C(C)(C)C2C)c1C. The van der Waals surface area contributed by atoms with Crippen molar-refractivity contribution in [2.45, 2.75) is 78.3 Å². The lowest BCUT2D eigenvalue weighted by molar-refractivity contribution is 0.0297. The first-order chi connectivity index (χ1) is 13.2. The molecule has 2 rings (SSSR count). The normalized spacial score (nSPS) is 22.2. The van der Waals surface area contributed by atoms with Gasteiger partial charge in [0.05, 0.1) is 0 Å². The number of benzene rings is 1. The topological polar surface area (TPSA) is 44.4 Å². The lowest BCUT2D eigenvalue weighted by Crippen LogP contribution is -2.59. The molecular weight excluding hydrogens is 346 g/mol. The smallest absolute Gasteiger partial charge is 0.251 e. The van der Waals surface area contributed by atoms with Gasteiger partial charge in [-0.3, -0.25) is 4.79 Å². The molecule has 1 aromatic rings. The molecule has 4 heteroatoms. The summed E-state index contributed by atoms with van der Waals surface area (Å²) in [5.74, 6) is 0.716. The Bertz CT molecular complexity index is 641.